The molecule has 1 atom stereocenters. The normalized spacial score (nSPS) is 12.3. The molecule has 0 aliphatic carbocycles. The summed E-state index contributed by atoms with van der Waals surface area (Å²) in [6.45, 7) is 10.2. The minimum absolute atomic E-state index is 0.0339. The Balaban J connectivity index is 3.09. The van der Waals surface area contributed by atoms with Crippen molar-refractivity contribution in [2.24, 2.45) is 5.92 Å². The van der Waals surface area contributed by atoms with Crippen molar-refractivity contribution in [2.75, 3.05) is 11.9 Å². The van der Waals surface area contributed by atoms with Gasteiger partial charge in [0.2, 0.25) is 5.95 Å². The average molecular weight is 282 g/mol. The number of anilines is 1. The summed E-state index contributed by atoms with van der Waals surface area (Å²) in [5.74, 6) is 0.828. The van der Waals surface area contributed by atoms with Crippen molar-refractivity contribution in [3.63, 3.8) is 0 Å². The van der Waals surface area contributed by atoms with Crippen molar-refractivity contribution in [3.05, 3.63) is 15.8 Å². The van der Waals surface area contributed by atoms with Crippen LogP contribution in [-0.4, -0.2) is 27.5 Å². The summed E-state index contributed by atoms with van der Waals surface area (Å²) < 4.78 is 5.65. The van der Waals surface area contributed by atoms with E-state index in [4.69, 9.17) is 4.74 Å². The van der Waals surface area contributed by atoms with Crippen molar-refractivity contribution < 1.29 is 9.66 Å². The van der Waals surface area contributed by atoms with Crippen LogP contribution in [0.25, 0.3) is 0 Å². The van der Waals surface area contributed by atoms with Crippen molar-refractivity contribution in [1.82, 2.24) is 9.97 Å². The Morgan fingerprint density at radius 3 is 2.50 bits per heavy atom. The average Bonchev–Trinajstić information content (AvgIpc) is 2.26. The highest BCUT2D eigenvalue weighted by Crippen LogP contribution is 2.30. The highest BCUT2D eigenvalue weighted by molar-refractivity contribution is 5.48. The first kappa shape index (κ1) is 16.1. The van der Waals surface area contributed by atoms with Gasteiger partial charge in [-0.1, -0.05) is 13.8 Å². The highest BCUT2D eigenvalue weighted by Gasteiger charge is 2.25. The quantitative estimate of drug-likeness (QED) is 0.610. The van der Waals surface area contributed by atoms with E-state index in [1.165, 1.54) is 0 Å². The molecule has 112 valence electrons. The van der Waals surface area contributed by atoms with E-state index in [0.717, 1.165) is 6.42 Å². The van der Waals surface area contributed by atoms with Gasteiger partial charge in [0.1, 0.15) is 5.69 Å². The minimum Gasteiger partial charge on any atom is -0.470 e. The van der Waals surface area contributed by atoms with Gasteiger partial charge < -0.3 is 10.1 Å². The molecule has 0 spiro atoms. The Labute approximate surface area is 118 Å². The van der Waals surface area contributed by atoms with E-state index in [9.17, 15) is 10.1 Å². The first-order chi connectivity index (χ1) is 9.35. The summed E-state index contributed by atoms with van der Waals surface area (Å²) in [6, 6.07) is 0. The molecule has 0 saturated carbocycles. The number of nitrogens with one attached hydrogen (secondary N) is 1. The lowest BCUT2D eigenvalue weighted by atomic mass is 10.1. The third-order valence-corrected chi connectivity index (χ3v) is 2.66. The maximum Gasteiger partial charge on any atom is 0.352 e. The molecule has 1 rings (SSSR count). The SMILES string of the molecule is CCNc1nc(C)c([N+](=O)[O-])c(OC(C)CC(C)C)n1. The predicted molar refractivity (Wildman–Crippen MR) is 77.1 cm³/mol. The van der Waals surface area contributed by atoms with Crippen LogP contribution in [0.15, 0.2) is 0 Å². The topological polar surface area (TPSA) is 90.2 Å². The fourth-order valence-electron chi connectivity index (χ4n) is 1.97. The van der Waals surface area contributed by atoms with Crippen LogP contribution in [-0.2, 0) is 0 Å². The van der Waals surface area contributed by atoms with Gasteiger partial charge in [-0.15, -0.1) is 0 Å². The zero-order valence-electron chi connectivity index (χ0n) is 12.6. The van der Waals surface area contributed by atoms with Crippen molar-refractivity contribution in [1.29, 1.82) is 0 Å². The smallest absolute Gasteiger partial charge is 0.352 e. The van der Waals surface area contributed by atoms with Crippen LogP contribution in [0.1, 0.15) is 39.8 Å². The molecule has 20 heavy (non-hydrogen) atoms. The van der Waals surface area contributed by atoms with Crippen LogP contribution in [0, 0.1) is 23.0 Å². The molecule has 0 aromatic carbocycles. The summed E-state index contributed by atoms with van der Waals surface area (Å²) in [4.78, 5) is 18.8. The Morgan fingerprint density at radius 1 is 1.35 bits per heavy atom. The van der Waals surface area contributed by atoms with Crippen LogP contribution >= 0.6 is 0 Å². The molecule has 7 nitrogen and oxygen atoms in total. The number of rotatable bonds is 7. The number of hydrogen-bond acceptors (Lipinski definition) is 6. The summed E-state index contributed by atoms with van der Waals surface area (Å²) in [5.41, 5.74) is 0.134. The van der Waals surface area contributed by atoms with E-state index >= 15 is 0 Å². The molecule has 0 fully saturated rings. The lowest BCUT2D eigenvalue weighted by molar-refractivity contribution is -0.387. The summed E-state index contributed by atoms with van der Waals surface area (Å²) in [5, 5.41) is 14.1. The van der Waals surface area contributed by atoms with Crippen LogP contribution in [0.5, 0.6) is 5.88 Å². The minimum atomic E-state index is -0.498. The maximum absolute atomic E-state index is 11.1. The van der Waals surface area contributed by atoms with Crippen molar-refractivity contribution >= 4 is 11.6 Å². The molecular weight excluding hydrogens is 260 g/mol. The second-order valence-corrected chi connectivity index (χ2v) is 5.13. The summed E-state index contributed by atoms with van der Waals surface area (Å²) in [7, 11) is 0. The summed E-state index contributed by atoms with van der Waals surface area (Å²) in [6.07, 6.45) is 0.661. The number of nitrogens with zero attached hydrogens (tertiary/aromatic N) is 3. The van der Waals surface area contributed by atoms with Crippen LogP contribution in [0.2, 0.25) is 0 Å². The zero-order chi connectivity index (χ0) is 15.3. The molecule has 1 aromatic rings. The first-order valence-electron chi connectivity index (χ1n) is 6.78. The largest absolute Gasteiger partial charge is 0.470 e. The van der Waals surface area contributed by atoms with Gasteiger partial charge in [-0.25, -0.2) is 4.98 Å². The van der Waals surface area contributed by atoms with E-state index < -0.39 is 4.92 Å². The number of nitro groups is 1. The second kappa shape index (κ2) is 7.02. The Hall–Kier alpha value is -1.92. The standard InChI is InChI=1S/C13H22N4O3/c1-6-14-13-15-10(5)11(17(18)19)12(16-13)20-9(4)7-8(2)3/h8-9H,6-7H2,1-5H3,(H,14,15,16). The molecule has 1 unspecified atom stereocenters. The maximum atomic E-state index is 11.1. The van der Waals surface area contributed by atoms with Gasteiger partial charge >= 0.3 is 5.69 Å². The van der Waals surface area contributed by atoms with Crippen molar-refractivity contribution in [2.45, 2.75) is 47.1 Å². The molecule has 0 saturated heterocycles. The Bertz CT molecular complexity index is 477. The van der Waals surface area contributed by atoms with E-state index in [0.29, 0.717) is 24.1 Å². The number of aryl methyl sites for hydroxylation is 1. The van der Waals surface area contributed by atoms with Gasteiger partial charge in [0.25, 0.3) is 5.88 Å². The number of ether oxygens (including phenoxy) is 1. The summed E-state index contributed by atoms with van der Waals surface area (Å²) >= 11 is 0. The van der Waals surface area contributed by atoms with E-state index in [-0.39, 0.29) is 17.7 Å². The molecule has 0 aliphatic heterocycles. The van der Waals surface area contributed by atoms with Gasteiger partial charge in [0.05, 0.1) is 11.0 Å². The lowest BCUT2D eigenvalue weighted by Crippen LogP contribution is -2.17. The van der Waals surface area contributed by atoms with Crippen molar-refractivity contribution in [3.8, 4) is 5.88 Å². The molecule has 0 amide bonds. The van der Waals surface area contributed by atoms with Gasteiger partial charge in [-0.3, -0.25) is 10.1 Å². The predicted octanol–water partition coefficient (Wildman–Crippen LogP) is 2.94. The van der Waals surface area contributed by atoms with Gasteiger partial charge in [0, 0.05) is 6.54 Å². The molecule has 0 radical (unpaired) electrons. The highest BCUT2D eigenvalue weighted by atomic mass is 16.6. The molecule has 1 aromatic heterocycles. The first-order valence-corrected chi connectivity index (χ1v) is 6.78. The third kappa shape index (κ3) is 4.32. The van der Waals surface area contributed by atoms with Crippen LogP contribution < -0.4 is 10.1 Å². The van der Waals surface area contributed by atoms with Gasteiger partial charge in [-0.05, 0) is 33.1 Å². The van der Waals surface area contributed by atoms with Crippen LogP contribution in [0.4, 0.5) is 11.6 Å². The molecule has 1 heterocycles. The van der Waals surface area contributed by atoms with E-state index in [2.05, 4.69) is 29.1 Å². The zero-order valence-corrected chi connectivity index (χ0v) is 12.6. The van der Waals surface area contributed by atoms with Gasteiger partial charge in [0.15, 0.2) is 0 Å². The second-order valence-electron chi connectivity index (χ2n) is 5.13. The fourth-order valence-corrected chi connectivity index (χ4v) is 1.97. The van der Waals surface area contributed by atoms with E-state index in [1.54, 1.807) is 6.92 Å². The number of aromatic nitrogens is 2. The molecule has 1 N–H and O–H groups in total. The molecular formula is C13H22N4O3. The van der Waals surface area contributed by atoms with E-state index in [1.807, 2.05) is 13.8 Å². The lowest BCUT2D eigenvalue weighted by Gasteiger charge is -2.16. The Morgan fingerprint density at radius 2 is 2.00 bits per heavy atom. The third-order valence-electron chi connectivity index (χ3n) is 2.66. The van der Waals surface area contributed by atoms with Gasteiger partial charge in [-0.2, -0.15) is 4.98 Å². The molecule has 0 bridgehead atoms. The molecule has 7 heteroatoms. The molecule has 0 aliphatic rings. The number of hydrogen-bond donors (Lipinski definition) is 1. The fraction of sp³-hybridized carbons (Fsp3) is 0.692. The Kier molecular flexibility index (Phi) is 5.66. The van der Waals surface area contributed by atoms with Crippen LogP contribution in [0.3, 0.4) is 0 Å². The monoisotopic (exact) mass is 282 g/mol.